The summed E-state index contributed by atoms with van der Waals surface area (Å²) < 4.78 is 0. The first kappa shape index (κ1) is 12.9. The van der Waals surface area contributed by atoms with Gasteiger partial charge in [0.15, 0.2) is 0 Å². The molecule has 0 aliphatic heterocycles. The number of rotatable bonds is 7. The van der Waals surface area contributed by atoms with Crippen molar-refractivity contribution in [2.75, 3.05) is 6.54 Å². The molecule has 6 N–H and O–H groups in total. The third-order valence-corrected chi connectivity index (χ3v) is 1.94. The molecule has 0 rings (SSSR count). The summed E-state index contributed by atoms with van der Waals surface area (Å²) in [7, 11) is 0. The Hall–Kier alpha value is -1.14. The number of nitrogens with two attached hydrogens (primary N) is 2. The van der Waals surface area contributed by atoms with Crippen molar-refractivity contribution in [1.82, 2.24) is 0 Å². The van der Waals surface area contributed by atoms with Crippen LogP contribution in [0.2, 0.25) is 0 Å². The molecule has 0 heterocycles. The van der Waals surface area contributed by atoms with Crippen LogP contribution in [0.25, 0.3) is 0 Å². The van der Waals surface area contributed by atoms with E-state index in [0.717, 1.165) is 0 Å². The van der Waals surface area contributed by atoms with Crippen LogP contribution in [0, 0.1) is 5.92 Å². The Labute approximate surface area is 81.9 Å². The molecule has 6 heteroatoms. The molecule has 0 saturated carbocycles. The van der Waals surface area contributed by atoms with Gasteiger partial charge in [0.05, 0.1) is 0 Å². The lowest BCUT2D eigenvalue weighted by atomic mass is 9.94. The number of aliphatic carboxylic acids is 2. The average molecular weight is 204 g/mol. The maximum atomic E-state index is 10.4. The van der Waals surface area contributed by atoms with Crippen LogP contribution in [0.3, 0.4) is 0 Å². The highest BCUT2D eigenvalue weighted by Crippen LogP contribution is 2.14. The van der Waals surface area contributed by atoms with E-state index in [1.54, 1.807) is 0 Å². The lowest BCUT2D eigenvalue weighted by molar-refractivity contribution is -0.141. The van der Waals surface area contributed by atoms with E-state index in [-0.39, 0.29) is 18.8 Å². The second-order valence-electron chi connectivity index (χ2n) is 3.22. The highest BCUT2D eigenvalue weighted by molar-refractivity contribution is 5.73. The van der Waals surface area contributed by atoms with Gasteiger partial charge in [-0.15, -0.1) is 0 Å². The smallest absolute Gasteiger partial charge is 0.320 e. The van der Waals surface area contributed by atoms with Gasteiger partial charge in [-0.2, -0.15) is 0 Å². The molecule has 0 aliphatic carbocycles. The average Bonchev–Trinajstić information content (AvgIpc) is 2.02. The van der Waals surface area contributed by atoms with Gasteiger partial charge in [0, 0.05) is 6.42 Å². The van der Waals surface area contributed by atoms with Crippen molar-refractivity contribution in [1.29, 1.82) is 0 Å². The maximum absolute atomic E-state index is 10.4. The highest BCUT2D eigenvalue weighted by Gasteiger charge is 2.20. The van der Waals surface area contributed by atoms with Gasteiger partial charge < -0.3 is 21.7 Å². The zero-order valence-electron chi connectivity index (χ0n) is 7.85. The first-order valence-electron chi connectivity index (χ1n) is 4.37. The molecular formula is C8H16N2O4. The van der Waals surface area contributed by atoms with E-state index in [9.17, 15) is 9.59 Å². The summed E-state index contributed by atoms with van der Waals surface area (Å²) in [5, 5.41) is 17.1. The Morgan fingerprint density at radius 1 is 1.29 bits per heavy atom. The Morgan fingerprint density at radius 3 is 2.21 bits per heavy atom. The molecule has 0 radical (unpaired) electrons. The number of carboxylic acid groups (broad SMARTS) is 2. The number of carbonyl (C=O) groups is 2. The molecule has 14 heavy (non-hydrogen) atoms. The van der Waals surface area contributed by atoms with Crippen LogP contribution in [0.4, 0.5) is 0 Å². The minimum Gasteiger partial charge on any atom is -0.481 e. The van der Waals surface area contributed by atoms with Crippen molar-refractivity contribution in [3.63, 3.8) is 0 Å². The number of carboxylic acids is 2. The summed E-state index contributed by atoms with van der Waals surface area (Å²) in [6.07, 6.45) is 0.546. The molecule has 0 amide bonds. The van der Waals surface area contributed by atoms with E-state index in [2.05, 4.69) is 0 Å². The Morgan fingerprint density at radius 2 is 1.86 bits per heavy atom. The van der Waals surface area contributed by atoms with Gasteiger partial charge in [-0.25, -0.2) is 0 Å². The topological polar surface area (TPSA) is 127 Å². The first-order chi connectivity index (χ1) is 6.47. The van der Waals surface area contributed by atoms with Crippen LogP contribution in [-0.2, 0) is 9.59 Å². The van der Waals surface area contributed by atoms with Gasteiger partial charge in [-0.3, -0.25) is 9.59 Å². The lowest BCUT2D eigenvalue weighted by Gasteiger charge is -2.15. The van der Waals surface area contributed by atoms with Crippen molar-refractivity contribution < 1.29 is 19.8 Å². The Balaban J connectivity index is 4.07. The lowest BCUT2D eigenvalue weighted by Crippen LogP contribution is -2.33. The van der Waals surface area contributed by atoms with Gasteiger partial charge in [0.25, 0.3) is 0 Å². The van der Waals surface area contributed by atoms with E-state index in [1.807, 2.05) is 0 Å². The molecular weight excluding hydrogens is 188 g/mol. The molecule has 0 spiro atoms. The van der Waals surface area contributed by atoms with E-state index in [0.29, 0.717) is 13.0 Å². The Bertz CT molecular complexity index is 208. The van der Waals surface area contributed by atoms with Crippen LogP contribution in [0.15, 0.2) is 0 Å². The molecule has 1 unspecified atom stereocenters. The van der Waals surface area contributed by atoms with E-state index in [4.69, 9.17) is 21.7 Å². The molecule has 6 nitrogen and oxygen atoms in total. The zero-order chi connectivity index (χ0) is 11.1. The van der Waals surface area contributed by atoms with Crippen molar-refractivity contribution in [3.8, 4) is 0 Å². The minimum atomic E-state index is -1.11. The molecule has 82 valence electrons. The SMILES string of the molecule is NCCC(CC(=O)O)C[C@H](N)C(=O)O. The predicted octanol–water partition coefficient (Wildman–Crippen LogP) is -0.772. The van der Waals surface area contributed by atoms with Gasteiger partial charge in [0.1, 0.15) is 6.04 Å². The molecule has 2 atom stereocenters. The summed E-state index contributed by atoms with van der Waals surface area (Å²) in [6, 6.07) is -1.01. The quantitative estimate of drug-likeness (QED) is 0.431. The number of hydrogen-bond acceptors (Lipinski definition) is 4. The third kappa shape index (κ3) is 5.50. The largest absolute Gasteiger partial charge is 0.481 e. The summed E-state index contributed by atoms with van der Waals surface area (Å²) in [5.74, 6) is -2.33. The van der Waals surface area contributed by atoms with Gasteiger partial charge in [-0.1, -0.05) is 0 Å². The second-order valence-corrected chi connectivity index (χ2v) is 3.22. The fourth-order valence-electron chi connectivity index (χ4n) is 1.25. The van der Waals surface area contributed by atoms with Crippen LogP contribution in [0.5, 0.6) is 0 Å². The molecule has 0 aromatic heterocycles. The number of hydrogen-bond donors (Lipinski definition) is 4. The third-order valence-electron chi connectivity index (χ3n) is 1.94. The standard InChI is InChI=1S/C8H16N2O4/c9-2-1-5(4-7(11)12)3-6(10)8(13)14/h5-6H,1-4,9-10H2,(H,11,12)(H,13,14)/t5?,6-/m0/s1. The Kier molecular flexibility index (Phi) is 5.82. The fraction of sp³-hybridized carbons (Fsp3) is 0.750. The van der Waals surface area contributed by atoms with E-state index in [1.165, 1.54) is 0 Å². The van der Waals surface area contributed by atoms with Crippen molar-refractivity contribution in [2.24, 2.45) is 17.4 Å². The van der Waals surface area contributed by atoms with E-state index < -0.39 is 18.0 Å². The monoisotopic (exact) mass is 204 g/mol. The van der Waals surface area contributed by atoms with Gasteiger partial charge in [0.2, 0.25) is 0 Å². The first-order valence-corrected chi connectivity index (χ1v) is 4.37. The molecule has 0 aliphatic rings. The summed E-state index contributed by atoms with van der Waals surface area (Å²) in [4.78, 5) is 20.8. The molecule has 0 bridgehead atoms. The minimum absolute atomic E-state index is 0.0851. The molecule has 0 fully saturated rings. The molecule has 0 saturated heterocycles. The normalized spacial score (nSPS) is 14.7. The van der Waals surface area contributed by atoms with Gasteiger partial charge >= 0.3 is 11.9 Å². The fourth-order valence-corrected chi connectivity index (χ4v) is 1.25. The van der Waals surface area contributed by atoms with Crippen molar-refractivity contribution >= 4 is 11.9 Å². The summed E-state index contributed by atoms with van der Waals surface area (Å²) in [5.41, 5.74) is 10.6. The van der Waals surface area contributed by atoms with E-state index >= 15 is 0 Å². The van der Waals surface area contributed by atoms with Gasteiger partial charge in [-0.05, 0) is 25.3 Å². The van der Waals surface area contributed by atoms with Crippen molar-refractivity contribution in [2.45, 2.75) is 25.3 Å². The summed E-state index contributed by atoms with van der Waals surface area (Å²) in [6.45, 7) is 0.338. The maximum Gasteiger partial charge on any atom is 0.320 e. The second kappa shape index (κ2) is 6.33. The zero-order valence-corrected chi connectivity index (χ0v) is 7.85. The molecule has 0 aromatic rings. The van der Waals surface area contributed by atoms with Crippen molar-refractivity contribution in [3.05, 3.63) is 0 Å². The van der Waals surface area contributed by atoms with Crippen LogP contribution in [-0.4, -0.2) is 34.7 Å². The van der Waals surface area contributed by atoms with Crippen LogP contribution >= 0.6 is 0 Å². The highest BCUT2D eigenvalue weighted by atomic mass is 16.4. The molecule has 0 aromatic carbocycles. The van der Waals surface area contributed by atoms with Crippen LogP contribution < -0.4 is 11.5 Å². The summed E-state index contributed by atoms with van der Waals surface area (Å²) >= 11 is 0. The van der Waals surface area contributed by atoms with Crippen LogP contribution in [0.1, 0.15) is 19.3 Å². The predicted molar refractivity (Wildman–Crippen MR) is 49.6 cm³/mol.